The number of nitrogens with zero attached hydrogens (tertiary/aromatic N) is 5. The maximum Gasteiger partial charge on any atom is 0.410 e. The quantitative estimate of drug-likeness (QED) is 0.451. The Morgan fingerprint density at radius 3 is 2.26 bits per heavy atom. The Labute approximate surface area is 226 Å². The molecule has 2 aromatic rings. The first-order valence-corrected chi connectivity index (χ1v) is 13.9. The van der Waals surface area contributed by atoms with E-state index in [2.05, 4.69) is 15.1 Å². The number of hydrogen-bond acceptors (Lipinski definition) is 9. The van der Waals surface area contributed by atoms with Gasteiger partial charge in [-0.25, -0.2) is 9.78 Å². The fourth-order valence-electron chi connectivity index (χ4n) is 4.96. The van der Waals surface area contributed by atoms with E-state index in [4.69, 9.17) is 24.2 Å². The molecule has 0 spiro atoms. The van der Waals surface area contributed by atoms with Crippen LogP contribution in [0.15, 0.2) is 12.1 Å². The van der Waals surface area contributed by atoms with Crippen molar-refractivity contribution >= 4 is 28.8 Å². The molecule has 1 amide bonds. The van der Waals surface area contributed by atoms with Gasteiger partial charge < -0.3 is 29.3 Å². The molecule has 4 rings (SSSR count). The topological polar surface area (TPSA) is 92.3 Å². The summed E-state index contributed by atoms with van der Waals surface area (Å²) in [6.45, 7) is 12.8. The van der Waals surface area contributed by atoms with Gasteiger partial charge in [0, 0.05) is 57.3 Å². The van der Waals surface area contributed by atoms with Crippen molar-refractivity contribution in [1.29, 1.82) is 0 Å². The molecular formula is C28H44N6O4. The third-order valence-corrected chi connectivity index (χ3v) is 7.05. The van der Waals surface area contributed by atoms with Crippen LogP contribution in [0.3, 0.4) is 0 Å². The highest BCUT2D eigenvalue weighted by atomic mass is 16.6. The lowest BCUT2D eigenvalue weighted by Gasteiger charge is -2.35. The number of carbonyl (C=O) groups excluding carboxylic acids is 1. The Morgan fingerprint density at radius 2 is 1.61 bits per heavy atom. The number of benzene rings is 1. The zero-order chi connectivity index (χ0) is 27.1. The molecular weight excluding hydrogens is 484 g/mol. The average molecular weight is 529 g/mol. The molecule has 0 radical (unpaired) electrons. The Bertz CT molecular complexity index is 1080. The maximum absolute atomic E-state index is 12.3. The Balaban J connectivity index is 1.27. The second kappa shape index (κ2) is 12.7. The van der Waals surface area contributed by atoms with Crippen LogP contribution in [0, 0.1) is 0 Å². The van der Waals surface area contributed by atoms with Gasteiger partial charge in [0.1, 0.15) is 11.4 Å². The summed E-state index contributed by atoms with van der Waals surface area (Å²) in [5, 5.41) is 4.51. The summed E-state index contributed by atoms with van der Waals surface area (Å²) >= 11 is 0. The number of methoxy groups -OCH3 is 2. The second-order valence-electron chi connectivity index (χ2n) is 11.1. The highest BCUT2D eigenvalue weighted by Crippen LogP contribution is 2.35. The number of rotatable bonds is 10. The van der Waals surface area contributed by atoms with E-state index in [0.29, 0.717) is 11.5 Å². The van der Waals surface area contributed by atoms with E-state index < -0.39 is 5.60 Å². The van der Waals surface area contributed by atoms with Gasteiger partial charge in [-0.15, -0.1) is 0 Å². The van der Waals surface area contributed by atoms with Crippen molar-refractivity contribution in [2.45, 2.75) is 58.5 Å². The molecule has 2 aliphatic heterocycles. The summed E-state index contributed by atoms with van der Waals surface area (Å²) < 4.78 is 16.5. The van der Waals surface area contributed by atoms with Gasteiger partial charge in [-0.05, 0) is 59.1 Å². The molecule has 2 saturated heterocycles. The zero-order valence-electron chi connectivity index (χ0n) is 23.7. The lowest BCUT2D eigenvalue weighted by molar-refractivity contribution is 0.0144. The van der Waals surface area contributed by atoms with Crippen LogP contribution in [-0.2, 0) is 4.74 Å². The third-order valence-electron chi connectivity index (χ3n) is 7.05. The molecule has 0 bridgehead atoms. The summed E-state index contributed by atoms with van der Waals surface area (Å²) in [5.41, 5.74) is 0.405. The molecule has 10 heteroatoms. The minimum absolute atomic E-state index is 0.204. The van der Waals surface area contributed by atoms with Gasteiger partial charge in [-0.1, -0.05) is 6.42 Å². The fourth-order valence-corrected chi connectivity index (χ4v) is 4.96. The van der Waals surface area contributed by atoms with Crippen LogP contribution in [0.5, 0.6) is 11.5 Å². The van der Waals surface area contributed by atoms with Crippen molar-refractivity contribution in [3.8, 4) is 11.5 Å². The SMILES string of the molecule is COc1cc2nc(N3CCCC3)nc(NCCCCCN3CCN(C(=O)OC(C)(C)C)CC3)c2cc1OC. The number of piperazine rings is 1. The summed E-state index contributed by atoms with van der Waals surface area (Å²) in [5.74, 6) is 2.96. The largest absolute Gasteiger partial charge is 0.493 e. The molecule has 0 unspecified atom stereocenters. The van der Waals surface area contributed by atoms with Crippen molar-refractivity contribution in [3.05, 3.63) is 12.1 Å². The first-order chi connectivity index (χ1) is 18.3. The number of fused-ring (bicyclic) bond motifs is 1. The van der Waals surface area contributed by atoms with E-state index >= 15 is 0 Å². The Hall–Kier alpha value is -3.01. The maximum atomic E-state index is 12.3. The lowest BCUT2D eigenvalue weighted by atomic mass is 10.2. The van der Waals surface area contributed by atoms with Crippen LogP contribution in [0.1, 0.15) is 52.9 Å². The van der Waals surface area contributed by atoms with Gasteiger partial charge in [-0.3, -0.25) is 4.90 Å². The van der Waals surface area contributed by atoms with Crippen molar-refractivity contribution in [1.82, 2.24) is 19.8 Å². The van der Waals surface area contributed by atoms with Gasteiger partial charge >= 0.3 is 6.09 Å². The molecule has 10 nitrogen and oxygen atoms in total. The Kier molecular flexibility index (Phi) is 9.35. The first-order valence-electron chi connectivity index (χ1n) is 13.9. The summed E-state index contributed by atoms with van der Waals surface area (Å²) in [6, 6.07) is 3.89. The van der Waals surface area contributed by atoms with Crippen LogP contribution in [0.2, 0.25) is 0 Å². The normalized spacial score (nSPS) is 16.7. The number of nitrogens with one attached hydrogen (secondary N) is 1. The van der Waals surface area contributed by atoms with E-state index in [1.807, 2.05) is 37.8 Å². The molecule has 1 aromatic carbocycles. The van der Waals surface area contributed by atoms with Crippen LogP contribution in [0.4, 0.5) is 16.6 Å². The van der Waals surface area contributed by atoms with Crippen molar-refractivity contribution in [2.24, 2.45) is 0 Å². The van der Waals surface area contributed by atoms with Gasteiger partial charge in [0.05, 0.1) is 19.7 Å². The molecule has 0 aliphatic carbocycles. The number of aromatic nitrogens is 2. The molecule has 1 aromatic heterocycles. The highest BCUT2D eigenvalue weighted by Gasteiger charge is 2.25. The summed E-state index contributed by atoms with van der Waals surface area (Å²) in [4.78, 5) is 28.5. The molecule has 2 fully saturated rings. The van der Waals surface area contributed by atoms with Crippen molar-refractivity contribution in [2.75, 3.05) is 76.8 Å². The fraction of sp³-hybridized carbons (Fsp3) is 0.679. The van der Waals surface area contributed by atoms with Crippen LogP contribution < -0.4 is 19.7 Å². The van der Waals surface area contributed by atoms with Crippen LogP contribution >= 0.6 is 0 Å². The number of anilines is 2. The van der Waals surface area contributed by atoms with E-state index in [9.17, 15) is 4.79 Å². The summed E-state index contributed by atoms with van der Waals surface area (Å²) in [7, 11) is 3.29. The highest BCUT2D eigenvalue weighted by molar-refractivity contribution is 5.92. The van der Waals surface area contributed by atoms with E-state index in [1.165, 1.54) is 12.8 Å². The van der Waals surface area contributed by atoms with Gasteiger partial charge in [0.15, 0.2) is 11.5 Å². The van der Waals surface area contributed by atoms with Gasteiger partial charge in [0.2, 0.25) is 5.95 Å². The van der Waals surface area contributed by atoms with Crippen molar-refractivity contribution < 1.29 is 19.0 Å². The molecule has 0 saturated carbocycles. The number of hydrogen-bond donors (Lipinski definition) is 1. The molecule has 210 valence electrons. The monoisotopic (exact) mass is 528 g/mol. The minimum atomic E-state index is -0.449. The average Bonchev–Trinajstić information content (AvgIpc) is 3.44. The molecule has 1 N–H and O–H groups in total. The van der Waals surface area contributed by atoms with Gasteiger partial charge in [-0.2, -0.15) is 4.98 Å². The minimum Gasteiger partial charge on any atom is -0.493 e. The second-order valence-corrected chi connectivity index (χ2v) is 11.1. The summed E-state index contributed by atoms with van der Waals surface area (Å²) in [6.07, 6.45) is 5.44. The third kappa shape index (κ3) is 7.30. The molecule has 2 aliphatic rings. The lowest BCUT2D eigenvalue weighted by Crippen LogP contribution is -2.50. The van der Waals surface area contributed by atoms with E-state index in [1.54, 1.807) is 14.2 Å². The number of unbranched alkanes of at least 4 members (excludes halogenated alkanes) is 2. The van der Waals surface area contributed by atoms with E-state index in [-0.39, 0.29) is 6.09 Å². The van der Waals surface area contributed by atoms with E-state index in [0.717, 1.165) is 94.3 Å². The number of ether oxygens (including phenoxy) is 3. The van der Waals surface area contributed by atoms with Gasteiger partial charge in [0.25, 0.3) is 0 Å². The smallest absolute Gasteiger partial charge is 0.410 e. The van der Waals surface area contributed by atoms with Crippen LogP contribution in [-0.4, -0.2) is 98.0 Å². The number of amides is 1. The predicted molar refractivity (Wildman–Crippen MR) is 151 cm³/mol. The zero-order valence-corrected chi connectivity index (χ0v) is 23.7. The standard InChI is InChI=1S/C28H44N6O4/c1-28(2,3)38-27(35)34-17-15-32(16-18-34)12-8-6-7-11-29-25-21-19-23(36-4)24(37-5)20-22(21)30-26(31-25)33-13-9-10-14-33/h19-20H,6-18H2,1-5H3,(H,29,30,31). The Morgan fingerprint density at radius 1 is 0.921 bits per heavy atom. The molecule has 3 heterocycles. The molecule has 0 atom stereocenters. The van der Waals surface area contributed by atoms with Crippen LogP contribution in [0.25, 0.3) is 10.9 Å². The van der Waals surface area contributed by atoms with Crippen molar-refractivity contribution in [3.63, 3.8) is 0 Å². The predicted octanol–water partition coefficient (Wildman–Crippen LogP) is 4.38. The first kappa shape index (κ1) is 28.0. The molecule has 38 heavy (non-hydrogen) atoms. The number of carbonyl (C=O) groups is 1.